The van der Waals surface area contributed by atoms with E-state index in [0.717, 1.165) is 0 Å². The first kappa shape index (κ1) is 45.1. The zero-order chi connectivity index (χ0) is 35.3. The molecule has 0 aromatic heterocycles. The van der Waals surface area contributed by atoms with Crippen molar-refractivity contribution in [3.05, 3.63) is 0 Å². The predicted molar refractivity (Wildman–Crippen MR) is 150 cm³/mol. The van der Waals surface area contributed by atoms with Crippen molar-refractivity contribution in [2.24, 2.45) is 11.5 Å². The third-order valence-electron chi connectivity index (χ3n) is 3.70. The second-order valence-corrected chi connectivity index (χ2v) is 17.9. The smallest absolute Gasteiger partial charge is 0.384 e. The number of phosphoric acid groups is 6. The van der Waals surface area contributed by atoms with Crippen LogP contribution in [0.2, 0.25) is 0 Å². The lowest BCUT2D eigenvalue weighted by Crippen LogP contribution is -2.66. The number of rotatable bonds is 12. The zero-order valence-corrected chi connectivity index (χ0v) is 28.8. The molecule has 0 aliphatic heterocycles. The molecule has 1 saturated carbocycles. The van der Waals surface area contributed by atoms with Crippen LogP contribution in [0.1, 0.15) is 0 Å². The molecule has 0 heterocycles. The van der Waals surface area contributed by atoms with Gasteiger partial charge in [-0.2, -0.15) is 0 Å². The molecule has 0 spiro atoms. The Kier molecular flexibility index (Phi) is 17.6. The molecule has 0 aromatic carbocycles. The molecular formula is C8H22N2O24P6S4. The first-order chi connectivity index (χ1) is 19.2. The first-order valence-electron chi connectivity index (χ1n) is 9.57. The zero-order valence-electron chi connectivity index (χ0n) is 20.2. The minimum Gasteiger partial charge on any atom is -0.384 e. The summed E-state index contributed by atoms with van der Waals surface area (Å²) in [6.45, 7) is 0. The molecule has 0 atom stereocenters. The number of hydrogen-bond donors (Lipinski definition) is 14. The molecule has 0 bridgehead atoms. The van der Waals surface area contributed by atoms with E-state index in [0.29, 0.717) is 8.64 Å². The number of phosphoric ester groups is 6. The van der Waals surface area contributed by atoms with E-state index in [4.69, 9.17) is 70.2 Å². The van der Waals surface area contributed by atoms with Crippen molar-refractivity contribution < 1.29 is 113 Å². The summed E-state index contributed by atoms with van der Waals surface area (Å²) in [4.78, 5) is 110. The van der Waals surface area contributed by atoms with Crippen LogP contribution < -0.4 is 11.5 Å². The van der Waals surface area contributed by atoms with Crippen LogP contribution >= 0.6 is 93.0 Å². The van der Waals surface area contributed by atoms with E-state index < -0.39 is 83.6 Å². The maximum atomic E-state index is 11.4. The van der Waals surface area contributed by atoms with Crippen molar-refractivity contribution in [1.29, 1.82) is 0 Å². The van der Waals surface area contributed by atoms with Crippen molar-refractivity contribution in [3.8, 4) is 0 Å². The Morgan fingerprint density at radius 1 is 0.409 bits per heavy atom. The van der Waals surface area contributed by atoms with Gasteiger partial charge in [0, 0.05) is 0 Å². The second-order valence-electron chi connectivity index (χ2n) is 7.17. The summed E-state index contributed by atoms with van der Waals surface area (Å²) in [5.41, 5.74) is 10.2. The molecule has 26 nitrogen and oxygen atoms in total. The van der Waals surface area contributed by atoms with Gasteiger partial charge in [-0.1, -0.05) is 24.4 Å². The maximum Gasteiger partial charge on any atom is 0.470 e. The van der Waals surface area contributed by atoms with Gasteiger partial charge in [0.1, 0.15) is 45.3 Å². The van der Waals surface area contributed by atoms with E-state index in [-0.39, 0.29) is 0 Å². The fourth-order valence-corrected chi connectivity index (χ4v) is 7.49. The minimum absolute atomic E-state index is 0.350. The average molecular weight is 844 g/mol. The lowest BCUT2D eigenvalue weighted by molar-refractivity contribution is -0.202. The van der Waals surface area contributed by atoms with Gasteiger partial charge < -0.3 is 70.2 Å². The Morgan fingerprint density at radius 3 is 0.591 bits per heavy atom. The predicted octanol–water partition coefficient (Wildman–Crippen LogP) is -2.28. The van der Waals surface area contributed by atoms with Gasteiger partial charge in [-0.25, -0.2) is 27.4 Å². The van der Waals surface area contributed by atoms with E-state index in [9.17, 15) is 27.4 Å². The van der Waals surface area contributed by atoms with Gasteiger partial charge in [-0.05, 0) is 21.6 Å². The largest absolute Gasteiger partial charge is 0.470 e. The Bertz CT molecular complexity index is 1050. The van der Waals surface area contributed by atoms with Gasteiger partial charge in [-0.3, -0.25) is 27.1 Å². The molecule has 16 N–H and O–H groups in total. The van der Waals surface area contributed by atoms with Crippen LogP contribution in [0.5, 0.6) is 0 Å². The van der Waals surface area contributed by atoms with Gasteiger partial charge in [0.25, 0.3) is 0 Å². The van der Waals surface area contributed by atoms with Crippen molar-refractivity contribution in [2.75, 3.05) is 0 Å². The normalized spacial score (nSPS) is 25.5. The molecule has 1 aliphatic carbocycles. The molecule has 0 amide bonds. The van der Waals surface area contributed by atoms with Crippen LogP contribution in [0.4, 0.5) is 0 Å². The van der Waals surface area contributed by atoms with E-state index in [2.05, 4.69) is 51.6 Å². The summed E-state index contributed by atoms with van der Waals surface area (Å²) in [5.74, 6) is 0. The minimum atomic E-state index is -6.02. The maximum absolute atomic E-state index is 11.4. The Balaban J connectivity index is 0.00000202. The molecule has 1 rings (SSSR count). The van der Waals surface area contributed by atoms with Crippen LogP contribution in [-0.2, 0) is 54.5 Å². The SMILES string of the molecule is NC(=S)SSC(N)=S.O=P(O)(O)OC1C(OP(=O)(O)O)C(OP(=O)(O)O)C(OP(=O)(O)O)C(OP(=O)(O)O)C1OP(=O)(O)O. The quantitative estimate of drug-likeness (QED) is 0.0559. The molecular weight excluding hydrogens is 822 g/mol. The third kappa shape index (κ3) is 21.2. The fourth-order valence-electron chi connectivity index (χ4n) is 2.87. The van der Waals surface area contributed by atoms with Gasteiger partial charge in [0.15, 0.2) is 0 Å². The summed E-state index contributed by atoms with van der Waals surface area (Å²) in [6.07, 6.45) is -18.9. The van der Waals surface area contributed by atoms with Gasteiger partial charge in [-0.15, -0.1) is 0 Å². The number of thiocarbonyl (C=S) groups is 2. The second kappa shape index (κ2) is 17.2. The van der Waals surface area contributed by atoms with Crippen LogP contribution in [0.3, 0.4) is 0 Å². The first-order valence-corrected chi connectivity index (χ1v) is 21.7. The van der Waals surface area contributed by atoms with Crippen LogP contribution in [0.25, 0.3) is 0 Å². The Labute approximate surface area is 262 Å². The number of hydrogen-bond acceptors (Lipinski definition) is 16. The third-order valence-corrected chi connectivity index (χ3v) is 9.68. The van der Waals surface area contributed by atoms with Crippen molar-refractivity contribution in [2.45, 2.75) is 36.6 Å². The standard InChI is InChI=1S/C6H18O24P6.C2H4N2S4/c7-31(8,9)25-1-2(26-32(10,11)12)4(28-34(16,17)18)6(30-36(22,23)24)5(29-35(19,20)21)3(1)27-33(13,14)15;3-1(5)7-8-2(4)6/h1-6H,(H2,7,8,9)(H2,10,11,12)(H2,13,14,15)(H2,16,17,18)(H2,19,20,21)(H2,22,23,24);(H2,3,5)(H2,4,6). The monoisotopic (exact) mass is 844 g/mol. The van der Waals surface area contributed by atoms with Crippen LogP contribution in [0.15, 0.2) is 0 Å². The molecule has 262 valence electrons. The summed E-state index contributed by atoms with van der Waals surface area (Å²) in [6, 6.07) is 0. The van der Waals surface area contributed by atoms with Crippen molar-refractivity contribution in [1.82, 2.24) is 0 Å². The van der Waals surface area contributed by atoms with E-state index in [1.165, 1.54) is 21.6 Å². The molecule has 0 saturated heterocycles. The molecule has 0 radical (unpaired) electrons. The summed E-state index contributed by atoms with van der Waals surface area (Å²) in [7, 11) is -33.7. The lowest BCUT2D eigenvalue weighted by atomic mass is 9.85. The Hall–Kier alpha value is 1.14. The Morgan fingerprint density at radius 2 is 0.523 bits per heavy atom. The van der Waals surface area contributed by atoms with Gasteiger partial charge in [0.2, 0.25) is 0 Å². The molecule has 36 heteroatoms. The van der Waals surface area contributed by atoms with Crippen molar-refractivity contribution >= 4 is 102 Å². The fraction of sp³-hybridized carbons (Fsp3) is 0.750. The topological polar surface area (TPSA) is 453 Å². The highest BCUT2D eigenvalue weighted by atomic mass is 33.1. The number of nitrogens with two attached hydrogens (primary N) is 2. The molecule has 44 heavy (non-hydrogen) atoms. The molecule has 0 unspecified atom stereocenters. The highest BCUT2D eigenvalue weighted by molar-refractivity contribution is 8.89. The van der Waals surface area contributed by atoms with E-state index in [1.807, 2.05) is 0 Å². The molecule has 1 fully saturated rings. The highest BCUT2D eigenvalue weighted by Gasteiger charge is 2.62. The lowest BCUT2D eigenvalue weighted by Gasteiger charge is -2.48. The van der Waals surface area contributed by atoms with Crippen LogP contribution in [0, 0.1) is 0 Å². The highest BCUT2D eigenvalue weighted by Crippen LogP contribution is 2.57. The molecule has 1 aliphatic rings. The van der Waals surface area contributed by atoms with Gasteiger partial charge in [0.05, 0.1) is 0 Å². The molecule has 0 aromatic rings. The summed E-state index contributed by atoms with van der Waals surface area (Å²) >= 11 is 9.04. The summed E-state index contributed by atoms with van der Waals surface area (Å²) in [5, 5.41) is 0. The van der Waals surface area contributed by atoms with Crippen LogP contribution in [-0.4, -0.2) is 104 Å². The van der Waals surface area contributed by atoms with E-state index in [1.54, 1.807) is 0 Å². The van der Waals surface area contributed by atoms with Gasteiger partial charge >= 0.3 is 46.9 Å². The van der Waals surface area contributed by atoms with Crippen molar-refractivity contribution in [3.63, 3.8) is 0 Å². The summed E-state index contributed by atoms with van der Waals surface area (Å²) < 4.78 is 93.8. The average Bonchev–Trinajstić information content (AvgIpc) is 2.69. The van der Waals surface area contributed by atoms with E-state index >= 15 is 0 Å².